The van der Waals surface area contributed by atoms with Gasteiger partial charge in [0.25, 0.3) is 0 Å². The summed E-state index contributed by atoms with van der Waals surface area (Å²) in [5.41, 5.74) is 2.31. The Hall–Kier alpha value is -2.18. The van der Waals surface area contributed by atoms with Crippen molar-refractivity contribution in [1.29, 1.82) is 5.26 Å². The van der Waals surface area contributed by atoms with E-state index in [1.165, 1.54) is 11.6 Å². The summed E-state index contributed by atoms with van der Waals surface area (Å²) in [7, 11) is 0. The Balaban J connectivity index is 1.89. The summed E-state index contributed by atoms with van der Waals surface area (Å²) in [5.74, 6) is -0.0546. The highest BCUT2D eigenvalue weighted by molar-refractivity contribution is 5.34. The SMILES string of the molecule is CC(CNCc1ccc(F)c(C#N)c1)c1ccccc1. The van der Waals surface area contributed by atoms with Crippen molar-refractivity contribution in [3.05, 3.63) is 71.0 Å². The number of halogens is 1. The largest absolute Gasteiger partial charge is 0.312 e. The first-order chi connectivity index (χ1) is 9.70. The lowest BCUT2D eigenvalue weighted by Gasteiger charge is -2.13. The van der Waals surface area contributed by atoms with Gasteiger partial charge in [-0.3, -0.25) is 0 Å². The van der Waals surface area contributed by atoms with Crippen molar-refractivity contribution in [3.8, 4) is 6.07 Å². The monoisotopic (exact) mass is 268 g/mol. The van der Waals surface area contributed by atoms with Gasteiger partial charge in [-0.25, -0.2) is 4.39 Å². The van der Waals surface area contributed by atoms with E-state index in [1.54, 1.807) is 12.1 Å². The molecule has 20 heavy (non-hydrogen) atoms. The highest BCUT2D eigenvalue weighted by atomic mass is 19.1. The fourth-order valence-electron chi connectivity index (χ4n) is 2.10. The van der Waals surface area contributed by atoms with Crippen LogP contribution in [0.4, 0.5) is 4.39 Å². The molecule has 2 rings (SSSR count). The van der Waals surface area contributed by atoms with Crippen LogP contribution in [0.25, 0.3) is 0 Å². The van der Waals surface area contributed by atoms with E-state index in [4.69, 9.17) is 5.26 Å². The zero-order valence-corrected chi connectivity index (χ0v) is 11.4. The van der Waals surface area contributed by atoms with Crippen molar-refractivity contribution in [2.45, 2.75) is 19.4 Å². The highest BCUT2D eigenvalue weighted by Crippen LogP contribution is 2.14. The van der Waals surface area contributed by atoms with Crippen LogP contribution in [0.3, 0.4) is 0 Å². The number of hydrogen-bond acceptors (Lipinski definition) is 2. The Bertz CT molecular complexity index is 602. The van der Waals surface area contributed by atoms with Gasteiger partial charge in [-0.2, -0.15) is 5.26 Å². The van der Waals surface area contributed by atoms with Crippen LogP contribution in [-0.2, 0) is 6.54 Å². The van der Waals surface area contributed by atoms with Crippen molar-refractivity contribution in [2.24, 2.45) is 0 Å². The summed E-state index contributed by atoms with van der Waals surface area (Å²) < 4.78 is 13.2. The molecule has 0 aliphatic carbocycles. The highest BCUT2D eigenvalue weighted by Gasteiger charge is 2.05. The van der Waals surface area contributed by atoms with Crippen LogP contribution < -0.4 is 5.32 Å². The number of benzene rings is 2. The van der Waals surface area contributed by atoms with E-state index in [-0.39, 0.29) is 5.56 Å². The molecule has 1 N–H and O–H groups in total. The van der Waals surface area contributed by atoms with Crippen molar-refractivity contribution in [2.75, 3.05) is 6.54 Å². The molecule has 0 spiro atoms. The van der Waals surface area contributed by atoms with E-state index < -0.39 is 5.82 Å². The van der Waals surface area contributed by atoms with Gasteiger partial charge in [-0.15, -0.1) is 0 Å². The van der Waals surface area contributed by atoms with Gasteiger partial charge in [0, 0.05) is 13.1 Å². The topological polar surface area (TPSA) is 35.8 Å². The van der Waals surface area contributed by atoms with Gasteiger partial charge in [0.2, 0.25) is 0 Å². The zero-order chi connectivity index (χ0) is 14.4. The van der Waals surface area contributed by atoms with E-state index in [0.717, 1.165) is 12.1 Å². The Labute approximate surface area is 118 Å². The quantitative estimate of drug-likeness (QED) is 0.899. The van der Waals surface area contributed by atoms with Crippen molar-refractivity contribution >= 4 is 0 Å². The fraction of sp³-hybridized carbons (Fsp3) is 0.235. The smallest absolute Gasteiger partial charge is 0.140 e. The lowest BCUT2D eigenvalue weighted by atomic mass is 10.0. The van der Waals surface area contributed by atoms with Gasteiger partial charge in [0.15, 0.2) is 0 Å². The normalized spacial score (nSPS) is 11.8. The molecule has 0 amide bonds. The van der Waals surface area contributed by atoms with Crippen molar-refractivity contribution in [3.63, 3.8) is 0 Å². The molecule has 0 radical (unpaired) electrons. The van der Waals surface area contributed by atoms with Crippen molar-refractivity contribution in [1.82, 2.24) is 5.32 Å². The van der Waals surface area contributed by atoms with E-state index in [0.29, 0.717) is 12.5 Å². The molecule has 0 heterocycles. The van der Waals surface area contributed by atoms with Crippen LogP contribution in [-0.4, -0.2) is 6.54 Å². The maximum Gasteiger partial charge on any atom is 0.140 e. The Morgan fingerprint density at radius 3 is 2.65 bits per heavy atom. The van der Waals surface area contributed by atoms with Gasteiger partial charge in [0.05, 0.1) is 5.56 Å². The Morgan fingerprint density at radius 1 is 1.20 bits per heavy atom. The maximum atomic E-state index is 13.2. The minimum atomic E-state index is -0.464. The van der Waals surface area contributed by atoms with E-state index >= 15 is 0 Å². The van der Waals surface area contributed by atoms with Gasteiger partial charge >= 0.3 is 0 Å². The first-order valence-corrected chi connectivity index (χ1v) is 6.65. The summed E-state index contributed by atoms with van der Waals surface area (Å²) in [6.45, 7) is 3.63. The molecule has 0 bridgehead atoms. The molecular formula is C17H17FN2. The molecule has 2 aromatic rings. The predicted octanol–water partition coefficient (Wildman–Crippen LogP) is 3.59. The third-order valence-electron chi connectivity index (χ3n) is 3.30. The first kappa shape index (κ1) is 14.2. The van der Waals surface area contributed by atoms with Crippen molar-refractivity contribution < 1.29 is 4.39 Å². The minimum absolute atomic E-state index is 0.0976. The lowest BCUT2D eigenvalue weighted by molar-refractivity contribution is 0.607. The molecule has 102 valence electrons. The molecular weight excluding hydrogens is 251 g/mol. The molecule has 2 aromatic carbocycles. The average molecular weight is 268 g/mol. The minimum Gasteiger partial charge on any atom is -0.312 e. The molecule has 0 aliphatic rings. The maximum absolute atomic E-state index is 13.2. The number of nitriles is 1. The molecule has 3 heteroatoms. The number of rotatable bonds is 5. The van der Waals surface area contributed by atoms with Crippen LogP contribution >= 0.6 is 0 Å². The molecule has 2 nitrogen and oxygen atoms in total. The summed E-state index contributed by atoms with van der Waals surface area (Å²) in [5, 5.41) is 12.1. The molecule has 0 aromatic heterocycles. The second-order valence-electron chi connectivity index (χ2n) is 4.87. The van der Waals surface area contributed by atoms with Crippen LogP contribution in [0.15, 0.2) is 48.5 Å². The molecule has 0 aliphatic heterocycles. The number of nitrogens with zero attached hydrogens (tertiary/aromatic N) is 1. The number of nitrogens with one attached hydrogen (secondary N) is 1. The van der Waals surface area contributed by atoms with Gasteiger partial charge in [-0.1, -0.05) is 43.3 Å². The van der Waals surface area contributed by atoms with E-state index in [2.05, 4.69) is 24.4 Å². The van der Waals surface area contributed by atoms with E-state index in [9.17, 15) is 4.39 Å². The molecule has 0 fully saturated rings. The second kappa shape index (κ2) is 6.83. The van der Waals surface area contributed by atoms with Gasteiger partial charge in [-0.05, 0) is 29.2 Å². The van der Waals surface area contributed by atoms with Crippen LogP contribution in [0.1, 0.15) is 29.5 Å². The standard InChI is InChI=1S/C17H17FN2/c1-13(15-5-3-2-4-6-15)11-20-12-14-7-8-17(18)16(9-14)10-19/h2-9,13,20H,11-12H2,1H3. The third kappa shape index (κ3) is 3.66. The average Bonchev–Trinajstić information content (AvgIpc) is 2.49. The molecule has 0 saturated heterocycles. The van der Waals surface area contributed by atoms with Crippen LogP contribution in [0.5, 0.6) is 0 Å². The summed E-state index contributed by atoms with van der Waals surface area (Å²) in [4.78, 5) is 0. The predicted molar refractivity (Wildman–Crippen MR) is 77.7 cm³/mol. The third-order valence-corrected chi connectivity index (χ3v) is 3.30. The fourth-order valence-corrected chi connectivity index (χ4v) is 2.10. The summed E-state index contributed by atoms with van der Waals surface area (Å²) >= 11 is 0. The Morgan fingerprint density at radius 2 is 1.95 bits per heavy atom. The lowest BCUT2D eigenvalue weighted by Crippen LogP contribution is -2.19. The van der Waals surface area contributed by atoms with Gasteiger partial charge < -0.3 is 5.32 Å². The first-order valence-electron chi connectivity index (χ1n) is 6.65. The zero-order valence-electron chi connectivity index (χ0n) is 11.4. The summed E-state index contributed by atoms with van der Waals surface area (Å²) in [6.07, 6.45) is 0. The Kier molecular flexibility index (Phi) is 4.86. The molecule has 0 saturated carbocycles. The molecule has 1 atom stereocenters. The number of hydrogen-bond donors (Lipinski definition) is 1. The van der Waals surface area contributed by atoms with E-state index in [1.807, 2.05) is 24.3 Å². The van der Waals surface area contributed by atoms with Crippen LogP contribution in [0, 0.1) is 17.1 Å². The molecule has 1 unspecified atom stereocenters. The summed E-state index contributed by atoms with van der Waals surface area (Å²) in [6, 6.07) is 16.8. The van der Waals surface area contributed by atoms with Crippen LogP contribution in [0.2, 0.25) is 0 Å². The second-order valence-corrected chi connectivity index (χ2v) is 4.87. The van der Waals surface area contributed by atoms with Gasteiger partial charge in [0.1, 0.15) is 11.9 Å².